The van der Waals surface area contributed by atoms with Gasteiger partial charge in [-0.25, -0.2) is 13.6 Å². The summed E-state index contributed by atoms with van der Waals surface area (Å²) in [5, 5.41) is 7.93. The quantitative estimate of drug-likeness (QED) is 0.510. The Balaban J connectivity index is 2.62. The zero-order valence-corrected chi connectivity index (χ0v) is 11.4. The summed E-state index contributed by atoms with van der Waals surface area (Å²) >= 11 is 0. The van der Waals surface area contributed by atoms with Gasteiger partial charge in [0.2, 0.25) is 10.0 Å². The molecule has 0 saturated carbocycles. The highest BCUT2D eigenvalue weighted by molar-refractivity contribution is 7.89. The van der Waals surface area contributed by atoms with Gasteiger partial charge in [0.25, 0.3) is 0 Å². The summed E-state index contributed by atoms with van der Waals surface area (Å²) in [6.45, 7) is 2.44. The number of sulfonamides is 1. The minimum atomic E-state index is -3.82. The Kier molecular flexibility index (Phi) is 5.13. The van der Waals surface area contributed by atoms with E-state index in [-0.39, 0.29) is 23.0 Å². The second-order valence-corrected chi connectivity index (χ2v) is 5.31. The molecule has 1 aromatic rings. The number of anilines is 2. The van der Waals surface area contributed by atoms with Crippen LogP contribution in [0.3, 0.4) is 0 Å². The van der Waals surface area contributed by atoms with Gasteiger partial charge in [-0.15, -0.1) is 0 Å². The molecule has 0 aliphatic heterocycles. The first-order chi connectivity index (χ1) is 8.84. The van der Waals surface area contributed by atoms with Gasteiger partial charge >= 0.3 is 5.97 Å². The van der Waals surface area contributed by atoms with E-state index in [1.165, 1.54) is 18.2 Å². The first-order valence-corrected chi connectivity index (χ1v) is 7.21. The Morgan fingerprint density at radius 2 is 2.11 bits per heavy atom. The van der Waals surface area contributed by atoms with Crippen molar-refractivity contribution in [3.63, 3.8) is 0 Å². The van der Waals surface area contributed by atoms with Gasteiger partial charge in [0.15, 0.2) is 0 Å². The summed E-state index contributed by atoms with van der Waals surface area (Å²) in [5.41, 5.74) is 6.26. The lowest BCUT2D eigenvalue weighted by atomic mass is 10.2. The van der Waals surface area contributed by atoms with E-state index in [0.29, 0.717) is 18.8 Å². The molecule has 0 aromatic heterocycles. The monoisotopic (exact) mass is 287 g/mol. The smallest absolute Gasteiger partial charge is 0.307 e. The van der Waals surface area contributed by atoms with Crippen LogP contribution in [0.2, 0.25) is 0 Å². The molecule has 7 nitrogen and oxygen atoms in total. The van der Waals surface area contributed by atoms with Gasteiger partial charge in [0.05, 0.1) is 18.7 Å². The van der Waals surface area contributed by atoms with Gasteiger partial charge in [0.1, 0.15) is 4.90 Å². The SMILES string of the molecule is CCOC(=O)CCNc1ccc(S(N)(=O)=O)c(N)c1. The number of ether oxygens (including phenoxy) is 1. The van der Waals surface area contributed by atoms with E-state index in [2.05, 4.69) is 5.32 Å². The zero-order valence-electron chi connectivity index (χ0n) is 10.5. The lowest BCUT2D eigenvalue weighted by molar-refractivity contribution is -0.142. The minimum absolute atomic E-state index is 0.0589. The Hall–Kier alpha value is -1.80. The first-order valence-electron chi connectivity index (χ1n) is 5.66. The minimum Gasteiger partial charge on any atom is -0.466 e. The summed E-state index contributed by atoms with van der Waals surface area (Å²) in [7, 11) is -3.82. The predicted octanol–water partition coefficient (Wildman–Crippen LogP) is 0.281. The molecule has 0 heterocycles. The van der Waals surface area contributed by atoms with Gasteiger partial charge in [-0.05, 0) is 25.1 Å². The molecule has 0 fully saturated rings. The molecule has 5 N–H and O–H groups in total. The van der Waals surface area contributed by atoms with Gasteiger partial charge in [-0.1, -0.05) is 0 Å². The topological polar surface area (TPSA) is 125 Å². The van der Waals surface area contributed by atoms with Gasteiger partial charge in [-0.2, -0.15) is 0 Å². The summed E-state index contributed by atoms with van der Waals surface area (Å²) in [6, 6.07) is 4.30. The molecule has 19 heavy (non-hydrogen) atoms. The molecule has 0 aliphatic rings. The molecule has 0 saturated heterocycles. The van der Waals surface area contributed by atoms with E-state index in [0.717, 1.165) is 0 Å². The highest BCUT2D eigenvalue weighted by atomic mass is 32.2. The Morgan fingerprint density at radius 3 is 2.63 bits per heavy atom. The molecule has 0 bridgehead atoms. The molecular formula is C11H17N3O4S. The van der Waals surface area contributed by atoms with Crippen molar-refractivity contribution in [3.05, 3.63) is 18.2 Å². The molecule has 8 heteroatoms. The maximum atomic E-state index is 11.2. The summed E-state index contributed by atoms with van der Waals surface area (Å²) in [5.74, 6) is -0.302. The van der Waals surface area contributed by atoms with Gasteiger partial charge < -0.3 is 15.8 Å². The second kappa shape index (κ2) is 6.39. The molecule has 0 aliphatic carbocycles. The van der Waals surface area contributed by atoms with Crippen LogP contribution in [0.1, 0.15) is 13.3 Å². The third-order valence-corrected chi connectivity index (χ3v) is 3.26. The van der Waals surface area contributed by atoms with Crippen LogP contribution in [0, 0.1) is 0 Å². The predicted molar refractivity (Wildman–Crippen MR) is 72.0 cm³/mol. The fraction of sp³-hybridized carbons (Fsp3) is 0.364. The molecule has 106 valence electrons. The number of carbonyl (C=O) groups excluding carboxylic acids is 1. The Labute approximate surface area is 112 Å². The number of hydrogen-bond donors (Lipinski definition) is 3. The third kappa shape index (κ3) is 4.76. The van der Waals surface area contributed by atoms with Crippen LogP contribution in [-0.4, -0.2) is 27.5 Å². The van der Waals surface area contributed by atoms with Crippen LogP contribution in [0.4, 0.5) is 11.4 Å². The van der Waals surface area contributed by atoms with Crippen molar-refractivity contribution in [1.82, 2.24) is 0 Å². The number of hydrogen-bond acceptors (Lipinski definition) is 6. The maximum absolute atomic E-state index is 11.2. The van der Waals surface area contributed by atoms with Crippen LogP contribution < -0.4 is 16.2 Å². The van der Waals surface area contributed by atoms with Crippen molar-refractivity contribution in [1.29, 1.82) is 0 Å². The molecule has 1 rings (SSSR count). The highest BCUT2D eigenvalue weighted by Gasteiger charge is 2.12. The van der Waals surface area contributed by atoms with E-state index in [9.17, 15) is 13.2 Å². The number of esters is 1. The summed E-state index contributed by atoms with van der Waals surface area (Å²) in [4.78, 5) is 11.0. The van der Waals surface area contributed by atoms with Gasteiger partial charge in [0, 0.05) is 12.2 Å². The number of nitrogen functional groups attached to an aromatic ring is 1. The number of carbonyl (C=O) groups is 1. The summed E-state index contributed by atoms with van der Waals surface area (Å²) < 4.78 is 27.1. The largest absolute Gasteiger partial charge is 0.466 e. The molecule has 0 unspecified atom stereocenters. The number of nitrogens with two attached hydrogens (primary N) is 2. The maximum Gasteiger partial charge on any atom is 0.307 e. The van der Waals surface area contributed by atoms with E-state index in [1.54, 1.807) is 6.92 Å². The molecular weight excluding hydrogens is 270 g/mol. The number of rotatable bonds is 6. The third-order valence-electron chi connectivity index (χ3n) is 2.28. The molecule has 0 atom stereocenters. The van der Waals surface area contributed by atoms with E-state index < -0.39 is 10.0 Å². The second-order valence-electron chi connectivity index (χ2n) is 3.78. The highest BCUT2D eigenvalue weighted by Crippen LogP contribution is 2.21. The Morgan fingerprint density at radius 1 is 1.42 bits per heavy atom. The van der Waals surface area contributed by atoms with Crippen LogP contribution in [0.5, 0.6) is 0 Å². The van der Waals surface area contributed by atoms with Crippen molar-refractivity contribution < 1.29 is 17.9 Å². The average molecular weight is 287 g/mol. The normalized spacial score (nSPS) is 11.1. The molecule has 0 spiro atoms. The molecule has 0 radical (unpaired) electrons. The number of nitrogens with one attached hydrogen (secondary N) is 1. The van der Waals surface area contributed by atoms with E-state index in [1.807, 2.05) is 0 Å². The van der Waals surface area contributed by atoms with E-state index >= 15 is 0 Å². The van der Waals surface area contributed by atoms with Crippen molar-refractivity contribution in [2.75, 3.05) is 24.2 Å². The summed E-state index contributed by atoms with van der Waals surface area (Å²) in [6.07, 6.45) is 0.213. The molecule has 1 aromatic carbocycles. The fourth-order valence-corrected chi connectivity index (χ4v) is 2.10. The fourth-order valence-electron chi connectivity index (χ4n) is 1.46. The lowest BCUT2D eigenvalue weighted by Gasteiger charge is -2.09. The molecule has 0 amide bonds. The standard InChI is InChI=1S/C11H17N3O4S/c1-2-18-11(15)5-6-14-8-3-4-10(9(12)7-8)19(13,16)17/h3-4,7,14H,2,5-6,12H2,1H3,(H2,13,16,17). The van der Waals surface area contributed by atoms with E-state index in [4.69, 9.17) is 15.6 Å². The van der Waals surface area contributed by atoms with Crippen LogP contribution >= 0.6 is 0 Å². The van der Waals surface area contributed by atoms with Gasteiger partial charge in [-0.3, -0.25) is 4.79 Å². The van der Waals surface area contributed by atoms with Crippen molar-refractivity contribution >= 4 is 27.4 Å². The van der Waals surface area contributed by atoms with Crippen molar-refractivity contribution in [2.45, 2.75) is 18.2 Å². The van der Waals surface area contributed by atoms with Crippen LogP contribution in [0.25, 0.3) is 0 Å². The Bertz CT molecular complexity index is 557. The lowest BCUT2D eigenvalue weighted by Crippen LogP contribution is -2.15. The van der Waals surface area contributed by atoms with Crippen LogP contribution in [0.15, 0.2) is 23.1 Å². The van der Waals surface area contributed by atoms with Crippen molar-refractivity contribution in [3.8, 4) is 0 Å². The number of benzene rings is 1. The number of primary sulfonamides is 1. The first kappa shape index (κ1) is 15.3. The van der Waals surface area contributed by atoms with Crippen molar-refractivity contribution in [2.24, 2.45) is 5.14 Å². The zero-order chi connectivity index (χ0) is 14.5. The van der Waals surface area contributed by atoms with Crippen LogP contribution in [-0.2, 0) is 19.6 Å². The average Bonchev–Trinajstić information content (AvgIpc) is 2.27.